The summed E-state index contributed by atoms with van der Waals surface area (Å²) in [5.41, 5.74) is 2.37. The van der Waals surface area contributed by atoms with Gasteiger partial charge >= 0.3 is 0 Å². The third kappa shape index (κ3) is 6.23. The molecule has 0 bridgehead atoms. The number of nitrogens with zero attached hydrogens (tertiary/aromatic N) is 1. The van der Waals surface area contributed by atoms with Crippen molar-refractivity contribution in [2.45, 2.75) is 13.0 Å². The predicted octanol–water partition coefficient (Wildman–Crippen LogP) is 3.87. The molecule has 5 heteroatoms. The van der Waals surface area contributed by atoms with Gasteiger partial charge in [-0.25, -0.2) is 0 Å². The summed E-state index contributed by atoms with van der Waals surface area (Å²) in [7, 11) is 1.77. The molecule has 0 fully saturated rings. The van der Waals surface area contributed by atoms with Crippen LogP contribution in [0.15, 0.2) is 59.6 Å². The number of nitrogens with one attached hydrogen (secondary N) is 2. The van der Waals surface area contributed by atoms with Crippen molar-refractivity contribution in [3.63, 3.8) is 0 Å². The lowest BCUT2D eigenvalue weighted by Gasteiger charge is -2.12. The first kappa shape index (κ1) is 18.8. The molecule has 0 aliphatic carbocycles. The summed E-state index contributed by atoms with van der Waals surface area (Å²) in [6.45, 7) is 1.50. The molecule has 118 valence electrons. The van der Waals surface area contributed by atoms with Crippen molar-refractivity contribution in [1.82, 2.24) is 10.6 Å². The molecule has 0 radical (unpaired) electrons. The zero-order valence-electron chi connectivity index (χ0n) is 12.6. The van der Waals surface area contributed by atoms with E-state index in [9.17, 15) is 0 Å². The van der Waals surface area contributed by atoms with Gasteiger partial charge in [0.25, 0.3) is 0 Å². The molecule has 2 aromatic rings. The Morgan fingerprint density at radius 2 is 1.68 bits per heavy atom. The van der Waals surface area contributed by atoms with Gasteiger partial charge in [-0.2, -0.15) is 0 Å². The van der Waals surface area contributed by atoms with Crippen LogP contribution in [-0.2, 0) is 13.0 Å². The smallest absolute Gasteiger partial charge is 0.191 e. The molecule has 0 amide bonds. The Kier molecular flexibility index (Phi) is 8.92. The average molecular weight is 430 g/mol. The van der Waals surface area contributed by atoms with Gasteiger partial charge < -0.3 is 10.6 Å². The first-order valence-corrected chi connectivity index (χ1v) is 7.39. The largest absolute Gasteiger partial charge is 0.356 e. The van der Waals surface area contributed by atoms with Crippen molar-refractivity contribution in [2.24, 2.45) is 4.99 Å². The molecule has 0 saturated carbocycles. The molecule has 2 rings (SSSR count). The highest BCUT2D eigenvalue weighted by Crippen LogP contribution is 2.14. The van der Waals surface area contributed by atoms with Gasteiger partial charge in [0.05, 0.1) is 0 Å². The Bertz CT molecular complexity index is 587. The highest BCUT2D eigenvalue weighted by Gasteiger charge is 2.01. The number of benzene rings is 2. The Morgan fingerprint density at radius 1 is 1.00 bits per heavy atom. The summed E-state index contributed by atoms with van der Waals surface area (Å²) >= 11 is 6.13. The van der Waals surface area contributed by atoms with Crippen molar-refractivity contribution in [3.8, 4) is 0 Å². The first-order valence-electron chi connectivity index (χ1n) is 7.01. The van der Waals surface area contributed by atoms with Crippen LogP contribution in [0.2, 0.25) is 5.02 Å². The van der Waals surface area contributed by atoms with E-state index < -0.39 is 0 Å². The van der Waals surface area contributed by atoms with Gasteiger partial charge in [0.2, 0.25) is 0 Å². The van der Waals surface area contributed by atoms with E-state index in [1.54, 1.807) is 7.05 Å². The van der Waals surface area contributed by atoms with E-state index >= 15 is 0 Å². The summed E-state index contributed by atoms with van der Waals surface area (Å²) in [6.07, 6.45) is 0.966. The van der Waals surface area contributed by atoms with Gasteiger partial charge in [-0.15, -0.1) is 24.0 Å². The molecule has 2 aromatic carbocycles. The predicted molar refractivity (Wildman–Crippen MR) is 105 cm³/mol. The van der Waals surface area contributed by atoms with Crippen LogP contribution in [0, 0.1) is 0 Å². The van der Waals surface area contributed by atoms with Crippen LogP contribution in [-0.4, -0.2) is 19.6 Å². The highest BCUT2D eigenvalue weighted by molar-refractivity contribution is 14.0. The third-order valence-corrected chi connectivity index (χ3v) is 3.55. The summed E-state index contributed by atoms with van der Waals surface area (Å²) < 4.78 is 0. The molecule has 2 N–H and O–H groups in total. The molecule has 0 unspecified atom stereocenters. The van der Waals surface area contributed by atoms with E-state index in [2.05, 4.69) is 39.9 Å². The Labute approximate surface area is 154 Å². The SMILES string of the molecule is CN=C(NCCc1ccccc1)NCc1ccccc1Cl.I. The molecular weight excluding hydrogens is 409 g/mol. The fraction of sp³-hybridized carbons (Fsp3) is 0.235. The number of guanidine groups is 1. The lowest BCUT2D eigenvalue weighted by atomic mass is 10.1. The summed E-state index contributed by atoms with van der Waals surface area (Å²) in [5, 5.41) is 7.34. The van der Waals surface area contributed by atoms with E-state index in [0.29, 0.717) is 6.54 Å². The van der Waals surface area contributed by atoms with Crippen LogP contribution in [0.4, 0.5) is 0 Å². The summed E-state index contributed by atoms with van der Waals surface area (Å²) in [6, 6.07) is 18.2. The van der Waals surface area contributed by atoms with Gasteiger partial charge in [-0.05, 0) is 23.6 Å². The van der Waals surface area contributed by atoms with Crippen LogP contribution in [0.3, 0.4) is 0 Å². The van der Waals surface area contributed by atoms with Gasteiger partial charge in [0, 0.05) is 25.2 Å². The average Bonchev–Trinajstić information content (AvgIpc) is 2.53. The monoisotopic (exact) mass is 429 g/mol. The third-order valence-electron chi connectivity index (χ3n) is 3.18. The number of hydrogen-bond donors (Lipinski definition) is 2. The van der Waals surface area contributed by atoms with Crippen LogP contribution < -0.4 is 10.6 Å². The minimum atomic E-state index is 0. The van der Waals surface area contributed by atoms with Crippen LogP contribution in [0.25, 0.3) is 0 Å². The van der Waals surface area contributed by atoms with Gasteiger partial charge in [0.15, 0.2) is 5.96 Å². The number of hydrogen-bond acceptors (Lipinski definition) is 1. The normalized spacial score (nSPS) is 10.7. The van der Waals surface area contributed by atoms with E-state index in [4.69, 9.17) is 11.6 Å². The van der Waals surface area contributed by atoms with Crippen molar-refractivity contribution >= 4 is 41.5 Å². The maximum absolute atomic E-state index is 6.13. The lowest BCUT2D eigenvalue weighted by molar-refractivity contribution is 0.795. The van der Waals surface area contributed by atoms with Gasteiger partial charge in [-0.3, -0.25) is 4.99 Å². The molecule has 0 atom stereocenters. The first-order chi connectivity index (χ1) is 10.3. The molecule has 0 aliphatic rings. The minimum absolute atomic E-state index is 0. The summed E-state index contributed by atoms with van der Waals surface area (Å²) in [4.78, 5) is 4.22. The van der Waals surface area contributed by atoms with Crippen LogP contribution in [0.1, 0.15) is 11.1 Å². The summed E-state index contributed by atoms with van der Waals surface area (Å²) in [5.74, 6) is 0.783. The molecule has 0 saturated heterocycles. The Morgan fingerprint density at radius 3 is 2.36 bits per heavy atom. The van der Waals surface area contributed by atoms with Crippen molar-refractivity contribution in [2.75, 3.05) is 13.6 Å². The quantitative estimate of drug-likeness (QED) is 0.430. The molecule has 22 heavy (non-hydrogen) atoms. The molecule has 0 aliphatic heterocycles. The standard InChI is InChI=1S/C17H20ClN3.HI/c1-19-17(20-12-11-14-7-3-2-4-8-14)21-13-15-9-5-6-10-16(15)18;/h2-10H,11-13H2,1H3,(H2,19,20,21);1H. The van der Waals surface area contributed by atoms with E-state index in [1.165, 1.54) is 5.56 Å². The number of aliphatic imine (C=N–C) groups is 1. The minimum Gasteiger partial charge on any atom is -0.356 e. The van der Waals surface area contributed by atoms with E-state index in [0.717, 1.165) is 29.5 Å². The molecule has 3 nitrogen and oxygen atoms in total. The van der Waals surface area contributed by atoms with Gasteiger partial charge in [-0.1, -0.05) is 60.1 Å². The van der Waals surface area contributed by atoms with Crippen molar-refractivity contribution in [3.05, 3.63) is 70.7 Å². The lowest BCUT2D eigenvalue weighted by Crippen LogP contribution is -2.37. The molecule has 0 spiro atoms. The molecular formula is C17H21ClIN3. The van der Waals surface area contributed by atoms with E-state index in [1.807, 2.05) is 30.3 Å². The Balaban J connectivity index is 0.00000242. The maximum Gasteiger partial charge on any atom is 0.191 e. The van der Waals surface area contributed by atoms with E-state index in [-0.39, 0.29) is 24.0 Å². The second-order valence-electron chi connectivity index (χ2n) is 4.68. The second kappa shape index (κ2) is 10.5. The topological polar surface area (TPSA) is 36.4 Å². The zero-order valence-corrected chi connectivity index (χ0v) is 15.6. The number of rotatable bonds is 5. The fourth-order valence-electron chi connectivity index (χ4n) is 2.01. The van der Waals surface area contributed by atoms with Crippen molar-refractivity contribution < 1.29 is 0 Å². The van der Waals surface area contributed by atoms with Gasteiger partial charge in [0.1, 0.15) is 0 Å². The fourth-order valence-corrected chi connectivity index (χ4v) is 2.21. The maximum atomic E-state index is 6.13. The highest BCUT2D eigenvalue weighted by atomic mass is 127. The molecule has 0 heterocycles. The zero-order chi connectivity index (χ0) is 14.9. The molecule has 0 aromatic heterocycles. The Hall–Kier alpha value is -1.27. The van der Waals surface area contributed by atoms with Crippen LogP contribution in [0.5, 0.6) is 0 Å². The number of halogens is 2. The van der Waals surface area contributed by atoms with Crippen molar-refractivity contribution in [1.29, 1.82) is 0 Å². The van der Waals surface area contributed by atoms with Crippen LogP contribution >= 0.6 is 35.6 Å². The second-order valence-corrected chi connectivity index (χ2v) is 5.09.